The third-order valence-electron chi connectivity index (χ3n) is 5.11. The fraction of sp³-hybridized carbons (Fsp3) is 0.182. The molecule has 4 rings (SSSR count). The van der Waals surface area contributed by atoms with Crippen LogP contribution in [0.5, 0.6) is 0 Å². The fourth-order valence-corrected chi connectivity index (χ4v) is 4.51. The van der Waals surface area contributed by atoms with Gasteiger partial charge in [-0.3, -0.25) is 4.79 Å². The number of aromatic nitrogens is 3. The van der Waals surface area contributed by atoms with Gasteiger partial charge in [-0.05, 0) is 49.2 Å². The highest BCUT2D eigenvalue weighted by atomic mass is 35.5. The van der Waals surface area contributed by atoms with Gasteiger partial charge in [-0.15, -0.1) is 0 Å². The SMILES string of the molecule is CC(C)(C(N)=O)c1ccc(Nc2ncnc3sc(Cc4c(Cl)cccc4Cl)nc23)cc1. The molecule has 0 saturated carbocycles. The van der Waals surface area contributed by atoms with E-state index in [-0.39, 0.29) is 5.91 Å². The van der Waals surface area contributed by atoms with Crippen LogP contribution in [0.2, 0.25) is 10.0 Å². The van der Waals surface area contributed by atoms with Crippen LogP contribution < -0.4 is 11.1 Å². The average molecular weight is 472 g/mol. The van der Waals surface area contributed by atoms with Crippen molar-refractivity contribution < 1.29 is 4.79 Å². The molecule has 0 atom stereocenters. The quantitative estimate of drug-likeness (QED) is 0.387. The van der Waals surface area contributed by atoms with Gasteiger partial charge in [-0.1, -0.05) is 52.7 Å². The molecule has 0 fully saturated rings. The Morgan fingerprint density at radius 2 is 1.77 bits per heavy atom. The molecule has 6 nitrogen and oxygen atoms in total. The number of amides is 1. The van der Waals surface area contributed by atoms with Gasteiger partial charge >= 0.3 is 0 Å². The number of nitrogens with two attached hydrogens (primary N) is 1. The molecule has 9 heteroatoms. The lowest BCUT2D eigenvalue weighted by atomic mass is 9.84. The Labute approximate surface area is 193 Å². The summed E-state index contributed by atoms with van der Waals surface area (Å²) in [6.07, 6.45) is 2.01. The van der Waals surface area contributed by atoms with Gasteiger partial charge in [0.15, 0.2) is 5.82 Å². The van der Waals surface area contributed by atoms with E-state index in [9.17, 15) is 4.79 Å². The van der Waals surface area contributed by atoms with Gasteiger partial charge < -0.3 is 11.1 Å². The summed E-state index contributed by atoms with van der Waals surface area (Å²) in [5.41, 5.74) is 7.92. The number of hydrogen-bond donors (Lipinski definition) is 2. The van der Waals surface area contributed by atoms with E-state index < -0.39 is 5.41 Å². The number of primary amides is 1. The standard InChI is InChI=1S/C22H19Cl2N5OS/c1-22(2,21(25)30)12-6-8-13(9-7-12)28-19-18-20(27-11-26-19)31-17(29-18)10-14-15(23)4-3-5-16(14)24/h3-9,11H,10H2,1-2H3,(H2,25,30)(H,26,27,28). The zero-order valence-electron chi connectivity index (χ0n) is 16.8. The first kappa shape index (κ1) is 21.5. The fourth-order valence-electron chi connectivity index (χ4n) is 3.07. The van der Waals surface area contributed by atoms with Crippen LogP contribution in [0, 0.1) is 0 Å². The molecule has 0 unspecified atom stereocenters. The summed E-state index contributed by atoms with van der Waals surface area (Å²) in [6.45, 7) is 3.60. The highest BCUT2D eigenvalue weighted by Gasteiger charge is 2.27. The molecule has 3 N–H and O–H groups in total. The lowest BCUT2D eigenvalue weighted by molar-refractivity contribution is -0.122. The molecule has 0 radical (unpaired) electrons. The summed E-state index contributed by atoms with van der Waals surface area (Å²) in [4.78, 5) is 25.9. The van der Waals surface area contributed by atoms with Crippen LogP contribution in [0.25, 0.3) is 10.3 Å². The van der Waals surface area contributed by atoms with Crippen LogP contribution in [0.15, 0.2) is 48.8 Å². The van der Waals surface area contributed by atoms with Gasteiger partial charge in [-0.2, -0.15) is 0 Å². The molecule has 0 bridgehead atoms. The molecule has 2 aromatic carbocycles. The smallest absolute Gasteiger partial charge is 0.227 e. The maximum atomic E-state index is 11.7. The molecule has 2 aromatic heterocycles. The molecule has 1 amide bonds. The second-order valence-corrected chi connectivity index (χ2v) is 9.43. The summed E-state index contributed by atoms with van der Waals surface area (Å²) in [6, 6.07) is 12.9. The summed E-state index contributed by atoms with van der Waals surface area (Å²) >= 11 is 14.1. The summed E-state index contributed by atoms with van der Waals surface area (Å²) in [5, 5.41) is 5.33. The van der Waals surface area contributed by atoms with E-state index in [0.29, 0.717) is 27.8 Å². The third kappa shape index (κ3) is 4.35. The zero-order chi connectivity index (χ0) is 22.2. The molecule has 0 spiro atoms. The van der Waals surface area contributed by atoms with Gasteiger partial charge in [0.25, 0.3) is 0 Å². The van der Waals surface area contributed by atoms with E-state index in [2.05, 4.69) is 15.3 Å². The molecule has 4 aromatic rings. The Balaban J connectivity index is 1.61. The van der Waals surface area contributed by atoms with E-state index in [4.69, 9.17) is 33.9 Å². The van der Waals surface area contributed by atoms with Crippen LogP contribution in [-0.2, 0) is 16.6 Å². The van der Waals surface area contributed by atoms with E-state index in [1.165, 1.54) is 17.7 Å². The van der Waals surface area contributed by atoms with Gasteiger partial charge in [-0.25, -0.2) is 15.0 Å². The number of carbonyl (C=O) groups is 1. The number of hydrogen-bond acceptors (Lipinski definition) is 6. The first-order valence-electron chi connectivity index (χ1n) is 9.46. The normalized spacial score (nSPS) is 11.6. The van der Waals surface area contributed by atoms with Crippen molar-refractivity contribution in [3.8, 4) is 0 Å². The largest absolute Gasteiger partial charge is 0.369 e. The van der Waals surface area contributed by atoms with Crippen LogP contribution in [0.1, 0.15) is 30.0 Å². The van der Waals surface area contributed by atoms with Gasteiger partial charge in [0.2, 0.25) is 5.91 Å². The second-order valence-electron chi connectivity index (χ2n) is 7.55. The Bertz CT molecular complexity index is 1250. The number of benzene rings is 2. The predicted molar refractivity (Wildman–Crippen MR) is 126 cm³/mol. The van der Waals surface area contributed by atoms with E-state index in [1.54, 1.807) is 13.8 Å². The van der Waals surface area contributed by atoms with Crippen molar-refractivity contribution >= 4 is 62.3 Å². The van der Waals surface area contributed by atoms with E-state index in [0.717, 1.165) is 26.7 Å². The van der Waals surface area contributed by atoms with Gasteiger partial charge in [0.05, 0.1) is 5.41 Å². The number of nitrogens with one attached hydrogen (secondary N) is 1. The number of halogens is 2. The maximum Gasteiger partial charge on any atom is 0.227 e. The Morgan fingerprint density at radius 1 is 1.10 bits per heavy atom. The minimum absolute atomic E-state index is 0.376. The van der Waals surface area contributed by atoms with Gasteiger partial charge in [0, 0.05) is 22.2 Å². The molecule has 0 aliphatic rings. The minimum Gasteiger partial charge on any atom is -0.369 e. The van der Waals surface area contributed by atoms with Crippen LogP contribution in [0.4, 0.5) is 11.5 Å². The monoisotopic (exact) mass is 471 g/mol. The Morgan fingerprint density at radius 3 is 2.42 bits per heavy atom. The second kappa shape index (κ2) is 8.42. The molecular weight excluding hydrogens is 453 g/mol. The summed E-state index contributed by atoms with van der Waals surface area (Å²) in [7, 11) is 0. The van der Waals surface area contributed by atoms with E-state index >= 15 is 0 Å². The zero-order valence-corrected chi connectivity index (χ0v) is 19.1. The maximum absolute atomic E-state index is 11.7. The summed E-state index contributed by atoms with van der Waals surface area (Å²) in [5.74, 6) is 0.221. The topological polar surface area (TPSA) is 93.8 Å². The van der Waals surface area contributed by atoms with Gasteiger partial charge in [0.1, 0.15) is 21.7 Å². The lowest BCUT2D eigenvalue weighted by Gasteiger charge is -2.21. The molecule has 0 saturated heterocycles. The minimum atomic E-state index is -0.746. The van der Waals surface area contributed by atoms with Crippen LogP contribution in [-0.4, -0.2) is 20.9 Å². The van der Waals surface area contributed by atoms with Crippen molar-refractivity contribution in [2.45, 2.75) is 25.7 Å². The number of fused-ring (bicyclic) bond motifs is 1. The van der Waals surface area contributed by atoms with Crippen molar-refractivity contribution in [2.75, 3.05) is 5.32 Å². The number of nitrogens with zero attached hydrogens (tertiary/aromatic N) is 3. The van der Waals surface area contributed by atoms with Crippen molar-refractivity contribution in [3.63, 3.8) is 0 Å². The van der Waals surface area contributed by atoms with Crippen molar-refractivity contribution in [2.24, 2.45) is 5.73 Å². The Hall–Kier alpha value is -2.74. The highest BCUT2D eigenvalue weighted by Crippen LogP contribution is 2.32. The molecule has 158 valence electrons. The molecular formula is C22H19Cl2N5OS. The molecule has 0 aliphatic heterocycles. The average Bonchev–Trinajstić information content (AvgIpc) is 3.15. The first-order chi connectivity index (χ1) is 14.8. The van der Waals surface area contributed by atoms with Crippen molar-refractivity contribution in [1.29, 1.82) is 0 Å². The van der Waals surface area contributed by atoms with Crippen LogP contribution in [0.3, 0.4) is 0 Å². The molecule has 31 heavy (non-hydrogen) atoms. The predicted octanol–water partition coefficient (Wildman–Crippen LogP) is 5.49. The van der Waals surface area contributed by atoms with Crippen LogP contribution >= 0.6 is 34.5 Å². The first-order valence-corrected chi connectivity index (χ1v) is 11.0. The molecule has 2 heterocycles. The third-order valence-corrected chi connectivity index (χ3v) is 6.79. The van der Waals surface area contributed by atoms with Crippen molar-refractivity contribution in [1.82, 2.24) is 15.0 Å². The number of thiazole rings is 1. The number of rotatable bonds is 6. The lowest BCUT2D eigenvalue weighted by Crippen LogP contribution is -2.35. The highest BCUT2D eigenvalue weighted by molar-refractivity contribution is 7.18. The number of carbonyl (C=O) groups excluding carboxylic acids is 1. The van der Waals surface area contributed by atoms with E-state index in [1.807, 2.05) is 42.5 Å². The van der Waals surface area contributed by atoms with Crippen molar-refractivity contribution in [3.05, 3.63) is 75.0 Å². The summed E-state index contributed by atoms with van der Waals surface area (Å²) < 4.78 is 0. The Kier molecular flexibility index (Phi) is 5.83. The molecule has 0 aliphatic carbocycles. The number of anilines is 2.